The summed E-state index contributed by atoms with van der Waals surface area (Å²) in [5.74, 6) is 2.70. The number of hydrogen-bond acceptors (Lipinski definition) is 3. The Hall–Kier alpha value is -1.61. The molecule has 0 spiro atoms. The molecule has 0 aliphatic carbocycles. The largest absolute Gasteiger partial charge is 0.497 e. The highest BCUT2D eigenvalue weighted by molar-refractivity contribution is 5.83. The van der Waals surface area contributed by atoms with E-state index < -0.39 is 0 Å². The number of aromatic nitrogens is 1. The summed E-state index contributed by atoms with van der Waals surface area (Å²) in [5, 5.41) is 1.25. The second kappa shape index (κ2) is 12.3. The molecule has 1 fully saturated rings. The van der Waals surface area contributed by atoms with Gasteiger partial charge in [0.05, 0.1) is 12.6 Å². The van der Waals surface area contributed by atoms with Crippen molar-refractivity contribution in [2.24, 2.45) is 11.8 Å². The quantitative estimate of drug-likeness (QED) is 0.356. The van der Waals surface area contributed by atoms with Crippen molar-refractivity contribution in [3.63, 3.8) is 0 Å². The summed E-state index contributed by atoms with van der Waals surface area (Å²) >= 11 is 0. The van der Waals surface area contributed by atoms with Crippen molar-refractivity contribution in [1.82, 2.24) is 9.88 Å². The molecule has 166 valence electrons. The number of ether oxygens (including phenoxy) is 1. The van der Waals surface area contributed by atoms with Gasteiger partial charge >= 0.3 is 0 Å². The Balaban J connectivity index is 1.47. The average molecular weight is 411 g/mol. The molecule has 1 aromatic heterocycles. The molecular weight excluding hydrogens is 368 g/mol. The molecule has 1 aliphatic rings. The average Bonchev–Trinajstić information content (AvgIpc) is 2.79. The first-order valence-electron chi connectivity index (χ1n) is 12.4. The minimum Gasteiger partial charge on any atom is -0.497 e. The number of benzene rings is 1. The Labute approximate surface area is 184 Å². The molecular formula is C27H42N2O. The van der Waals surface area contributed by atoms with Gasteiger partial charge in [-0.2, -0.15) is 0 Å². The van der Waals surface area contributed by atoms with Crippen molar-refractivity contribution < 1.29 is 4.74 Å². The lowest BCUT2D eigenvalue weighted by Gasteiger charge is -2.38. The number of fused-ring (bicyclic) bond motifs is 1. The molecule has 1 saturated heterocycles. The van der Waals surface area contributed by atoms with Gasteiger partial charge < -0.3 is 9.64 Å². The van der Waals surface area contributed by atoms with Crippen molar-refractivity contribution >= 4 is 10.9 Å². The first-order chi connectivity index (χ1) is 14.7. The summed E-state index contributed by atoms with van der Waals surface area (Å²) in [5.41, 5.74) is 2.49. The van der Waals surface area contributed by atoms with Gasteiger partial charge in [0.15, 0.2) is 0 Å². The number of nitrogens with zero attached hydrogens (tertiary/aromatic N) is 2. The van der Waals surface area contributed by atoms with Crippen molar-refractivity contribution in [2.75, 3.05) is 26.7 Å². The summed E-state index contributed by atoms with van der Waals surface area (Å²) in [6.07, 6.45) is 15.4. The van der Waals surface area contributed by atoms with E-state index in [0.717, 1.165) is 29.5 Å². The molecule has 30 heavy (non-hydrogen) atoms. The van der Waals surface area contributed by atoms with Crippen molar-refractivity contribution in [3.8, 4) is 5.75 Å². The highest BCUT2D eigenvalue weighted by atomic mass is 16.5. The normalized spacial score (nSPS) is 20.0. The molecule has 2 unspecified atom stereocenters. The number of likely N-dealkylation sites (tertiary alicyclic amines) is 1. The summed E-state index contributed by atoms with van der Waals surface area (Å²) in [6, 6.07) is 8.41. The highest BCUT2D eigenvalue weighted by Gasteiger charge is 2.27. The second-order valence-corrected chi connectivity index (χ2v) is 9.18. The van der Waals surface area contributed by atoms with E-state index in [-0.39, 0.29) is 0 Å². The fourth-order valence-corrected chi connectivity index (χ4v) is 5.22. The lowest BCUT2D eigenvalue weighted by Crippen LogP contribution is -2.40. The van der Waals surface area contributed by atoms with Crippen LogP contribution in [0.2, 0.25) is 0 Å². The van der Waals surface area contributed by atoms with Crippen LogP contribution in [0, 0.1) is 11.8 Å². The first-order valence-corrected chi connectivity index (χ1v) is 12.4. The minimum absolute atomic E-state index is 0.878. The topological polar surface area (TPSA) is 25.4 Å². The first kappa shape index (κ1) is 23.1. The van der Waals surface area contributed by atoms with Crippen molar-refractivity contribution in [3.05, 3.63) is 36.0 Å². The number of pyridine rings is 1. The number of piperidine rings is 1. The molecule has 0 N–H and O–H groups in total. The van der Waals surface area contributed by atoms with Crippen LogP contribution < -0.4 is 4.74 Å². The number of hydrogen-bond donors (Lipinski definition) is 0. The zero-order chi connectivity index (χ0) is 21.2. The molecule has 0 saturated carbocycles. The molecule has 3 nitrogen and oxygen atoms in total. The Morgan fingerprint density at radius 3 is 2.70 bits per heavy atom. The Kier molecular flexibility index (Phi) is 9.45. The molecule has 2 aromatic rings. The smallest absolute Gasteiger partial charge is 0.119 e. The molecule has 0 bridgehead atoms. The van der Waals surface area contributed by atoms with Gasteiger partial charge in [0.2, 0.25) is 0 Å². The predicted octanol–water partition coefficient (Wildman–Crippen LogP) is 6.88. The molecule has 2 atom stereocenters. The molecule has 3 rings (SSSR count). The van der Waals surface area contributed by atoms with Gasteiger partial charge in [0.1, 0.15) is 5.75 Å². The van der Waals surface area contributed by atoms with Crippen LogP contribution in [0.5, 0.6) is 5.75 Å². The summed E-state index contributed by atoms with van der Waals surface area (Å²) in [6.45, 7) is 8.64. The van der Waals surface area contributed by atoms with Crippen LogP contribution in [0.4, 0.5) is 0 Å². The number of unbranched alkanes of at least 4 members (excludes halogenated alkanes) is 4. The van der Waals surface area contributed by atoms with E-state index in [0.29, 0.717) is 0 Å². The zero-order valence-corrected chi connectivity index (χ0v) is 19.5. The lowest BCUT2D eigenvalue weighted by molar-refractivity contribution is 0.108. The molecule has 0 radical (unpaired) electrons. The number of aryl methyl sites for hydroxylation is 1. The third kappa shape index (κ3) is 6.44. The van der Waals surface area contributed by atoms with E-state index in [1.807, 2.05) is 12.3 Å². The summed E-state index contributed by atoms with van der Waals surface area (Å²) in [4.78, 5) is 7.28. The molecule has 0 amide bonds. The van der Waals surface area contributed by atoms with E-state index in [9.17, 15) is 0 Å². The second-order valence-electron chi connectivity index (χ2n) is 9.18. The van der Waals surface area contributed by atoms with Crippen LogP contribution in [0.25, 0.3) is 10.9 Å². The van der Waals surface area contributed by atoms with E-state index in [1.54, 1.807) is 7.11 Å². The van der Waals surface area contributed by atoms with Crippen LogP contribution in [0.15, 0.2) is 30.5 Å². The van der Waals surface area contributed by atoms with Crippen molar-refractivity contribution in [2.45, 2.75) is 78.1 Å². The highest BCUT2D eigenvalue weighted by Crippen LogP contribution is 2.31. The molecule has 2 heterocycles. The van der Waals surface area contributed by atoms with Gasteiger partial charge in [-0.15, -0.1) is 0 Å². The van der Waals surface area contributed by atoms with E-state index in [1.165, 1.54) is 88.4 Å². The van der Waals surface area contributed by atoms with E-state index in [2.05, 4.69) is 41.9 Å². The maximum absolute atomic E-state index is 5.43. The SMILES string of the molecule is CCCCCCCN1CCC(CCCc2ccnc3ccc(OC)cc23)C(CC)C1. The Bertz CT molecular complexity index is 760. The van der Waals surface area contributed by atoms with Crippen molar-refractivity contribution in [1.29, 1.82) is 0 Å². The minimum atomic E-state index is 0.878. The number of rotatable bonds is 12. The van der Waals surface area contributed by atoms with Gasteiger partial charge in [-0.1, -0.05) is 46.0 Å². The van der Waals surface area contributed by atoms with Crippen LogP contribution >= 0.6 is 0 Å². The van der Waals surface area contributed by atoms with Gasteiger partial charge in [-0.05, 0) is 86.9 Å². The fraction of sp³-hybridized carbons (Fsp3) is 0.667. The van der Waals surface area contributed by atoms with Crippen LogP contribution in [-0.4, -0.2) is 36.6 Å². The molecule has 1 aliphatic heterocycles. The number of methoxy groups -OCH3 is 1. The Morgan fingerprint density at radius 1 is 1.03 bits per heavy atom. The third-order valence-electron chi connectivity index (χ3n) is 7.14. The zero-order valence-electron chi connectivity index (χ0n) is 19.5. The van der Waals surface area contributed by atoms with Crippen LogP contribution in [0.1, 0.15) is 77.2 Å². The Morgan fingerprint density at radius 2 is 1.90 bits per heavy atom. The van der Waals surface area contributed by atoms with Crippen LogP contribution in [0.3, 0.4) is 0 Å². The maximum Gasteiger partial charge on any atom is 0.119 e. The predicted molar refractivity (Wildman–Crippen MR) is 128 cm³/mol. The summed E-state index contributed by atoms with van der Waals surface area (Å²) < 4.78 is 5.43. The maximum atomic E-state index is 5.43. The van der Waals surface area contributed by atoms with Gasteiger partial charge in [0.25, 0.3) is 0 Å². The molecule has 3 heteroatoms. The monoisotopic (exact) mass is 410 g/mol. The summed E-state index contributed by atoms with van der Waals surface area (Å²) in [7, 11) is 1.74. The van der Waals surface area contributed by atoms with Gasteiger partial charge in [-0.3, -0.25) is 4.98 Å². The van der Waals surface area contributed by atoms with Gasteiger partial charge in [-0.25, -0.2) is 0 Å². The van der Waals surface area contributed by atoms with Crippen LogP contribution in [-0.2, 0) is 6.42 Å². The standard InChI is InChI=1S/C27H42N2O/c1-4-6-7-8-9-18-29-19-16-23(22(5-2)21-29)11-10-12-24-15-17-28-27-14-13-25(30-3)20-26(24)27/h13-15,17,20,22-23H,4-12,16,18-19,21H2,1-3H3. The van der Waals surface area contributed by atoms with E-state index in [4.69, 9.17) is 4.74 Å². The van der Waals surface area contributed by atoms with E-state index >= 15 is 0 Å². The molecule has 1 aromatic carbocycles. The lowest BCUT2D eigenvalue weighted by atomic mass is 9.80. The third-order valence-corrected chi connectivity index (χ3v) is 7.14. The fourth-order valence-electron chi connectivity index (χ4n) is 5.22. The van der Waals surface area contributed by atoms with Gasteiger partial charge in [0, 0.05) is 18.1 Å².